The summed E-state index contributed by atoms with van der Waals surface area (Å²) in [6.45, 7) is 4.19. The lowest BCUT2D eigenvalue weighted by Gasteiger charge is -2.48. The number of benzene rings is 1. The van der Waals surface area contributed by atoms with Crippen LogP contribution in [0.1, 0.15) is 41.8 Å². The molecule has 0 spiro atoms. The zero-order valence-electron chi connectivity index (χ0n) is 14.9. The van der Waals surface area contributed by atoms with Crippen LogP contribution in [-0.4, -0.2) is 49.2 Å². The lowest BCUT2D eigenvalue weighted by molar-refractivity contribution is -0.0361. The maximum Gasteiger partial charge on any atom is 0.262 e. The highest BCUT2D eigenvalue weighted by atomic mass is 35.5. The number of carbonyl (C=O) groups is 1. The normalized spacial score (nSPS) is 21.0. The SMILES string of the molecule is O=C(NCC1(N2CCOCC2)CCCCC1)c1sc2ccccc2c1Cl. The Hall–Kier alpha value is -1.14. The number of nitrogens with one attached hydrogen (secondary N) is 1. The monoisotopic (exact) mass is 392 g/mol. The minimum absolute atomic E-state index is 0.0468. The van der Waals surface area contributed by atoms with Gasteiger partial charge in [0.1, 0.15) is 4.88 Å². The number of carbonyl (C=O) groups excluding carboxylic acids is 1. The second-order valence-corrected chi connectivity index (χ2v) is 8.74. The Morgan fingerprint density at radius 2 is 1.92 bits per heavy atom. The van der Waals surface area contributed by atoms with Gasteiger partial charge in [-0.25, -0.2) is 0 Å². The number of morpholine rings is 1. The molecule has 1 aliphatic heterocycles. The zero-order chi connectivity index (χ0) is 18.0. The minimum Gasteiger partial charge on any atom is -0.379 e. The third kappa shape index (κ3) is 3.50. The van der Waals surface area contributed by atoms with E-state index < -0.39 is 0 Å². The molecular formula is C20H25ClN2O2S. The first-order chi connectivity index (χ1) is 12.7. The number of fused-ring (bicyclic) bond motifs is 1. The summed E-state index contributed by atoms with van der Waals surface area (Å²) >= 11 is 7.96. The highest BCUT2D eigenvalue weighted by Gasteiger charge is 2.39. The Labute approximate surface area is 163 Å². The summed E-state index contributed by atoms with van der Waals surface area (Å²) in [6, 6.07) is 7.92. The Bertz CT molecular complexity index is 779. The largest absolute Gasteiger partial charge is 0.379 e. The van der Waals surface area contributed by atoms with Gasteiger partial charge in [-0.05, 0) is 18.9 Å². The molecule has 6 heteroatoms. The molecule has 4 nitrogen and oxygen atoms in total. The van der Waals surface area contributed by atoms with Crippen LogP contribution in [0.3, 0.4) is 0 Å². The van der Waals surface area contributed by atoms with Crippen molar-refractivity contribution in [2.75, 3.05) is 32.8 Å². The molecule has 2 aliphatic rings. The van der Waals surface area contributed by atoms with Crippen molar-refractivity contribution in [1.82, 2.24) is 10.2 Å². The van der Waals surface area contributed by atoms with Crippen LogP contribution in [-0.2, 0) is 4.74 Å². The highest BCUT2D eigenvalue weighted by molar-refractivity contribution is 7.21. The van der Waals surface area contributed by atoms with Crippen molar-refractivity contribution < 1.29 is 9.53 Å². The molecule has 2 heterocycles. The maximum absolute atomic E-state index is 12.9. The van der Waals surface area contributed by atoms with Gasteiger partial charge in [-0.15, -0.1) is 11.3 Å². The van der Waals surface area contributed by atoms with Crippen LogP contribution in [0.15, 0.2) is 24.3 Å². The van der Waals surface area contributed by atoms with Crippen LogP contribution in [0.25, 0.3) is 10.1 Å². The predicted molar refractivity (Wildman–Crippen MR) is 107 cm³/mol. The molecule has 4 rings (SSSR count). The molecule has 2 aromatic rings. The number of hydrogen-bond donors (Lipinski definition) is 1. The molecule has 0 atom stereocenters. The quantitative estimate of drug-likeness (QED) is 0.842. The fraction of sp³-hybridized carbons (Fsp3) is 0.550. The highest BCUT2D eigenvalue weighted by Crippen LogP contribution is 2.36. The molecular weight excluding hydrogens is 368 g/mol. The molecule has 1 aliphatic carbocycles. The summed E-state index contributed by atoms with van der Waals surface area (Å²) in [5.41, 5.74) is 0.0703. The van der Waals surface area contributed by atoms with Gasteiger partial charge in [0, 0.05) is 35.3 Å². The standard InChI is InChI=1S/C20H25ClN2O2S/c21-17-15-6-2-3-7-16(15)26-18(17)19(24)22-14-20(8-4-1-5-9-20)23-10-12-25-13-11-23/h2-3,6-7H,1,4-5,8-14H2,(H,22,24). The van der Waals surface area contributed by atoms with Gasteiger partial charge >= 0.3 is 0 Å². The number of thiophene rings is 1. The van der Waals surface area contributed by atoms with Crippen molar-refractivity contribution in [3.8, 4) is 0 Å². The molecule has 2 fully saturated rings. The van der Waals surface area contributed by atoms with Gasteiger partial charge < -0.3 is 10.1 Å². The smallest absolute Gasteiger partial charge is 0.262 e. The average molecular weight is 393 g/mol. The summed E-state index contributed by atoms with van der Waals surface area (Å²) < 4.78 is 6.59. The second kappa shape index (κ2) is 7.85. The minimum atomic E-state index is -0.0468. The lowest BCUT2D eigenvalue weighted by Crippen LogP contribution is -2.59. The number of ether oxygens (including phenoxy) is 1. The first kappa shape index (κ1) is 18.2. The summed E-state index contributed by atoms with van der Waals surface area (Å²) in [5.74, 6) is -0.0468. The zero-order valence-corrected chi connectivity index (χ0v) is 16.5. The number of hydrogen-bond acceptors (Lipinski definition) is 4. The topological polar surface area (TPSA) is 41.6 Å². The summed E-state index contributed by atoms with van der Waals surface area (Å²) in [5, 5.41) is 4.75. The van der Waals surface area contributed by atoms with Crippen molar-refractivity contribution in [2.45, 2.75) is 37.6 Å². The fourth-order valence-corrected chi connectivity index (χ4v) is 5.77. The van der Waals surface area contributed by atoms with Crippen molar-refractivity contribution in [3.63, 3.8) is 0 Å². The summed E-state index contributed by atoms with van der Waals surface area (Å²) in [4.78, 5) is 16.0. The van der Waals surface area contributed by atoms with Gasteiger partial charge in [-0.2, -0.15) is 0 Å². The Kier molecular flexibility index (Phi) is 5.50. The molecule has 1 saturated carbocycles. The molecule has 1 amide bonds. The van der Waals surface area contributed by atoms with E-state index in [0.29, 0.717) is 16.4 Å². The van der Waals surface area contributed by atoms with Crippen molar-refractivity contribution in [2.24, 2.45) is 0 Å². The predicted octanol–water partition coefficient (Wildman–Crippen LogP) is 4.32. The van der Waals surface area contributed by atoms with Gasteiger partial charge in [-0.1, -0.05) is 49.1 Å². The van der Waals surface area contributed by atoms with Crippen LogP contribution < -0.4 is 5.32 Å². The molecule has 0 radical (unpaired) electrons. The van der Waals surface area contributed by atoms with Gasteiger partial charge in [0.25, 0.3) is 5.91 Å². The molecule has 1 aromatic carbocycles. The van der Waals surface area contributed by atoms with E-state index in [2.05, 4.69) is 10.2 Å². The third-order valence-corrected chi connectivity index (χ3v) is 7.46. The third-order valence-electron chi connectivity index (χ3n) is 5.79. The fourth-order valence-electron chi connectivity index (χ4n) is 4.34. The van der Waals surface area contributed by atoms with Crippen LogP contribution in [0, 0.1) is 0 Å². The molecule has 1 saturated heterocycles. The first-order valence-corrected chi connectivity index (χ1v) is 10.7. The van der Waals surface area contributed by atoms with Crippen molar-refractivity contribution in [1.29, 1.82) is 0 Å². The maximum atomic E-state index is 12.9. The van der Waals surface area contributed by atoms with Gasteiger partial charge in [0.05, 0.1) is 18.2 Å². The van der Waals surface area contributed by atoms with E-state index in [1.807, 2.05) is 24.3 Å². The average Bonchev–Trinajstić information content (AvgIpc) is 3.05. The van der Waals surface area contributed by atoms with E-state index in [1.54, 1.807) is 0 Å². The molecule has 0 unspecified atom stereocenters. The molecule has 0 bridgehead atoms. The van der Waals surface area contributed by atoms with Crippen LogP contribution in [0.2, 0.25) is 5.02 Å². The molecule has 1 aromatic heterocycles. The van der Waals surface area contributed by atoms with E-state index in [9.17, 15) is 4.79 Å². The second-order valence-electron chi connectivity index (χ2n) is 7.31. The summed E-state index contributed by atoms with van der Waals surface area (Å²) in [7, 11) is 0. The van der Waals surface area contributed by atoms with Gasteiger partial charge in [0.15, 0.2) is 0 Å². The van der Waals surface area contributed by atoms with Crippen molar-refractivity contribution in [3.05, 3.63) is 34.2 Å². The van der Waals surface area contributed by atoms with Gasteiger partial charge in [0.2, 0.25) is 0 Å². The number of nitrogens with zero attached hydrogens (tertiary/aromatic N) is 1. The lowest BCUT2D eigenvalue weighted by atomic mass is 9.79. The first-order valence-electron chi connectivity index (χ1n) is 9.48. The number of halogens is 1. The van der Waals surface area contributed by atoms with E-state index in [-0.39, 0.29) is 11.4 Å². The van der Waals surface area contributed by atoms with E-state index >= 15 is 0 Å². The number of rotatable bonds is 4. The molecule has 26 heavy (non-hydrogen) atoms. The van der Waals surface area contributed by atoms with Crippen molar-refractivity contribution >= 4 is 38.9 Å². The summed E-state index contributed by atoms with van der Waals surface area (Å²) in [6.07, 6.45) is 6.05. The van der Waals surface area contributed by atoms with Crippen LogP contribution in [0.5, 0.6) is 0 Å². The molecule has 1 N–H and O–H groups in total. The Morgan fingerprint density at radius 3 is 2.65 bits per heavy atom. The van der Waals surface area contributed by atoms with E-state index in [4.69, 9.17) is 16.3 Å². The number of amides is 1. The Balaban J connectivity index is 1.51. The molecule has 140 valence electrons. The Morgan fingerprint density at radius 1 is 1.19 bits per heavy atom. The van der Waals surface area contributed by atoms with Crippen LogP contribution >= 0.6 is 22.9 Å². The van der Waals surface area contributed by atoms with E-state index in [1.165, 1.54) is 30.6 Å². The van der Waals surface area contributed by atoms with E-state index in [0.717, 1.165) is 49.2 Å². The van der Waals surface area contributed by atoms with Crippen LogP contribution in [0.4, 0.5) is 0 Å². The van der Waals surface area contributed by atoms with Gasteiger partial charge in [-0.3, -0.25) is 9.69 Å².